The SMILES string of the molecule is CCCCc1ccc(C2CCCN(C(=O)O)C2)nc1. The fourth-order valence-corrected chi connectivity index (χ4v) is 2.60. The molecule has 104 valence electrons. The maximum absolute atomic E-state index is 11.0. The lowest BCUT2D eigenvalue weighted by Crippen LogP contribution is -2.38. The number of hydrogen-bond acceptors (Lipinski definition) is 2. The van der Waals surface area contributed by atoms with Crippen molar-refractivity contribution < 1.29 is 9.90 Å². The van der Waals surface area contributed by atoms with Gasteiger partial charge in [-0.15, -0.1) is 0 Å². The van der Waals surface area contributed by atoms with Crippen molar-refractivity contribution in [2.45, 2.75) is 44.9 Å². The Hall–Kier alpha value is -1.58. The molecule has 1 aromatic heterocycles. The molecule has 2 rings (SSSR count). The molecule has 1 saturated heterocycles. The van der Waals surface area contributed by atoms with Crippen LogP contribution in [-0.2, 0) is 6.42 Å². The lowest BCUT2D eigenvalue weighted by Gasteiger charge is -2.30. The minimum atomic E-state index is -0.815. The number of carbonyl (C=O) groups is 1. The van der Waals surface area contributed by atoms with Crippen molar-refractivity contribution in [1.82, 2.24) is 9.88 Å². The highest BCUT2D eigenvalue weighted by atomic mass is 16.4. The Morgan fingerprint density at radius 1 is 1.53 bits per heavy atom. The molecule has 0 aromatic carbocycles. The van der Waals surface area contributed by atoms with E-state index in [4.69, 9.17) is 5.11 Å². The summed E-state index contributed by atoms with van der Waals surface area (Å²) >= 11 is 0. The number of piperidine rings is 1. The predicted molar refractivity (Wildman–Crippen MR) is 74.4 cm³/mol. The number of rotatable bonds is 4. The molecule has 1 aliphatic heterocycles. The average molecular weight is 262 g/mol. The van der Waals surface area contributed by atoms with Crippen molar-refractivity contribution in [3.63, 3.8) is 0 Å². The minimum absolute atomic E-state index is 0.255. The number of hydrogen-bond donors (Lipinski definition) is 1. The molecule has 0 aliphatic carbocycles. The van der Waals surface area contributed by atoms with Gasteiger partial charge in [0.05, 0.1) is 0 Å². The van der Waals surface area contributed by atoms with E-state index in [1.807, 2.05) is 6.20 Å². The zero-order chi connectivity index (χ0) is 13.7. The van der Waals surface area contributed by atoms with Crippen LogP contribution in [0.25, 0.3) is 0 Å². The molecule has 1 aromatic rings. The van der Waals surface area contributed by atoms with Gasteiger partial charge >= 0.3 is 6.09 Å². The number of pyridine rings is 1. The molecule has 1 fully saturated rings. The predicted octanol–water partition coefficient (Wildman–Crippen LogP) is 3.28. The van der Waals surface area contributed by atoms with Gasteiger partial charge in [0.1, 0.15) is 0 Å². The van der Waals surface area contributed by atoms with Gasteiger partial charge in [0, 0.05) is 30.9 Å². The minimum Gasteiger partial charge on any atom is -0.465 e. The Morgan fingerprint density at radius 3 is 3.00 bits per heavy atom. The van der Waals surface area contributed by atoms with E-state index >= 15 is 0 Å². The number of aryl methyl sites for hydroxylation is 1. The number of aromatic nitrogens is 1. The third kappa shape index (κ3) is 3.69. The van der Waals surface area contributed by atoms with Gasteiger partial charge in [-0.05, 0) is 37.3 Å². The summed E-state index contributed by atoms with van der Waals surface area (Å²) in [6, 6.07) is 4.21. The Kier molecular flexibility index (Phi) is 4.77. The van der Waals surface area contributed by atoms with Gasteiger partial charge in [-0.3, -0.25) is 4.98 Å². The highest BCUT2D eigenvalue weighted by molar-refractivity contribution is 5.65. The monoisotopic (exact) mass is 262 g/mol. The van der Waals surface area contributed by atoms with Gasteiger partial charge in [0.2, 0.25) is 0 Å². The van der Waals surface area contributed by atoms with E-state index in [2.05, 4.69) is 24.0 Å². The van der Waals surface area contributed by atoms with E-state index in [0.29, 0.717) is 13.1 Å². The second-order valence-electron chi connectivity index (χ2n) is 5.26. The fourth-order valence-electron chi connectivity index (χ4n) is 2.60. The molecule has 1 unspecified atom stereocenters. The summed E-state index contributed by atoms with van der Waals surface area (Å²) < 4.78 is 0. The maximum atomic E-state index is 11.0. The molecule has 19 heavy (non-hydrogen) atoms. The Morgan fingerprint density at radius 2 is 2.37 bits per heavy atom. The van der Waals surface area contributed by atoms with Crippen LogP contribution in [0.4, 0.5) is 4.79 Å². The van der Waals surface area contributed by atoms with Gasteiger partial charge in [-0.1, -0.05) is 19.4 Å². The van der Waals surface area contributed by atoms with E-state index < -0.39 is 6.09 Å². The van der Waals surface area contributed by atoms with Crippen LogP contribution in [0.5, 0.6) is 0 Å². The van der Waals surface area contributed by atoms with Gasteiger partial charge in [0.25, 0.3) is 0 Å². The summed E-state index contributed by atoms with van der Waals surface area (Å²) in [4.78, 5) is 17.0. The molecule has 4 nitrogen and oxygen atoms in total. The number of likely N-dealkylation sites (tertiary alicyclic amines) is 1. The third-order valence-electron chi connectivity index (χ3n) is 3.78. The van der Waals surface area contributed by atoms with Crippen LogP contribution < -0.4 is 0 Å². The van der Waals surface area contributed by atoms with E-state index in [9.17, 15) is 4.79 Å². The molecule has 1 amide bonds. The summed E-state index contributed by atoms with van der Waals surface area (Å²) in [6.45, 7) is 3.42. The van der Waals surface area contributed by atoms with Crippen molar-refractivity contribution in [2.24, 2.45) is 0 Å². The summed E-state index contributed by atoms with van der Waals surface area (Å²) in [5.41, 5.74) is 2.31. The van der Waals surface area contributed by atoms with E-state index in [1.165, 1.54) is 23.3 Å². The number of unbranched alkanes of at least 4 members (excludes halogenated alkanes) is 1. The lowest BCUT2D eigenvalue weighted by atomic mass is 9.94. The molecule has 2 heterocycles. The molecule has 1 N–H and O–H groups in total. The first-order chi connectivity index (χ1) is 9.20. The van der Waals surface area contributed by atoms with E-state index in [-0.39, 0.29) is 5.92 Å². The van der Waals surface area contributed by atoms with E-state index in [1.54, 1.807) is 0 Å². The summed E-state index contributed by atoms with van der Waals surface area (Å²) in [5.74, 6) is 0.255. The lowest BCUT2D eigenvalue weighted by molar-refractivity contribution is 0.130. The standard InChI is InChI=1S/C15H22N2O2/c1-2-3-5-12-7-8-14(16-10-12)13-6-4-9-17(11-13)15(18)19/h7-8,10,13H,2-6,9,11H2,1H3,(H,18,19). The van der Waals surface area contributed by atoms with Gasteiger partial charge in [-0.25, -0.2) is 4.79 Å². The molecule has 0 saturated carbocycles. The first kappa shape index (κ1) is 13.8. The third-order valence-corrected chi connectivity index (χ3v) is 3.78. The van der Waals surface area contributed by atoms with Gasteiger partial charge in [0.15, 0.2) is 0 Å². The highest BCUT2D eigenvalue weighted by Gasteiger charge is 2.24. The second kappa shape index (κ2) is 6.55. The van der Waals surface area contributed by atoms with Crippen molar-refractivity contribution in [3.05, 3.63) is 29.6 Å². The molecular formula is C15H22N2O2. The second-order valence-corrected chi connectivity index (χ2v) is 5.26. The van der Waals surface area contributed by atoms with Gasteiger partial charge in [-0.2, -0.15) is 0 Å². The molecular weight excluding hydrogens is 240 g/mol. The van der Waals surface area contributed by atoms with E-state index in [0.717, 1.165) is 25.0 Å². The average Bonchev–Trinajstić information content (AvgIpc) is 2.46. The zero-order valence-electron chi connectivity index (χ0n) is 11.5. The topological polar surface area (TPSA) is 53.4 Å². The Labute approximate surface area is 114 Å². The van der Waals surface area contributed by atoms with Crippen LogP contribution in [0.3, 0.4) is 0 Å². The van der Waals surface area contributed by atoms with Crippen LogP contribution in [0, 0.1) is 0 Å². The summed E-state index contributed by atoms with van der Waals surface area (Å²) in [5, 5.41) is 9.05. The van der Waals surface area contributed by atoms with Gasteiger partial charge < -0.3 is 10.0 Å². The largest absolute Gasteiger partial charge is 0.465 e. The number of nitrogens with zero attached hydrogens (tertiary/aromatic N) is 2. The Balaban J connectivity index is 1.99. The number of amides is 1. The molecule has 4 heteroatoms. The zero-order valence-corrected chi connectivity index (χ0v) is 11.5. The number of carboxylic acid groups (broad SMARTS) is 1. The van der Waals surface area contributed by atoms with Crippen LogP contribution in [-0.4, -0.2) is 34.2 Å². The fraction of sp³-hybridized carbons (Fsp3) is 0.600. The quantitative estimate of drug-likeness (QED) is 0.906. The highest BCUT2D eigenvalue weighted by Crippen LogP contribution is 2.25. The molecule has 1 atom stereocenters. The first-order valence-corrected chi connectivity index (χ1v) is 7.13. The normalized spacial score (nSPS) is 19.4. The van der Waals surface area contributed by atoms with Crippen LogP contribution in [0.1, 0.15) is 49.8 Å². The van der Waals surface area contributed by atoms with Crippen molar-refractivity contribution in [1.29, 1.82) is 0 Å². The molecule has 0 bridgehead atoms. The molecule has 0 radical (unpaired) electrons. The molecule has 0 spiro atoms. The van der Waals surface area contributed by atoms with Crippen molar-refractivity contribution in [3.8, 4) is 0 Å². The van der Waals surface area contributed by atoms with Crippen molar-refractivity contribution >= 4 is 6.09 Å². The first-order valence-electron chi connectivity index (χ1n) is 7.13. The summed E-state index contributed by atoms with van der Waals surface area (Å²) in [7, 11) is 0. The Bertz CT molecular complexity index is 417. The van der Waals surface area contributed by atoms with Crippen LogP contribution in [0.15, 0.2) is 18.3 Å². The maximum Gasteiger partial charge on any atom is 0.407 e. The summed E-state index contributed by atoms with van der Waals surface area (Å²) in [6.07, 6.45) is 6.56. The van der Waals surface area contributed by atoms with Crippen molar-refractivity contribution in [2.75, 3.05) is 13.1 Å². The molecule has 1 aliphatic rings. The van der Waals surface area contributed by atoms with Crippen LogP contribution in [0.2, 0.25) is 0 Å². The smallest absolute Gasteiger partial charge is 0.407 e. The van der Waals surface area contributed by atoms with Crippen LogP contribution >= 0.6 is 0 Å².